The van der Waals surface area contributed by atoms with E-state index in [1.54, 1.807) is 30.0 Å². The lowest BCUT2D eigenvalue weighted by molar-refractivity contribution is 0.112. The first-order valence-corrected chi connectivity index (χ1v) is 8.54. The smallest absolute Gasteiger partial charge is 0.191 e. The van der Waals surface area contributed by atoms with Crippen molar-refractivity contribution in [3.05, 3.63) is 29.6 Å². The summed E-state index contributed by atoms with van der Waals surface area (Å²) in [7, 11) is 1.97. The number of carbonyl (C=O) groups is 1. The molecule has 0 fully saturated rings. The van der Waals surface area contributed by atoms with Crippen LogP contribution in [0.5, 0.6) is 11.5 Å². The number of aromatic nitrogens is 3. The summed E-state index contributed by atoms with van der Waals surface area (Å²) in [5.41, 5.74) is 0.571. The Labute approximate surface area is 140 Å². The van der Waals surface area contributed by atoms with E-state index in [0.717, 1.165) is 29.4 Å². The van der Waals surface area contributed by atoms with Gasteiger partial charge in [-0.2, -0.15) is 0 Å². The lowest BCUT2D eigenvalue weighted by atomic mass is 10.2. The second-order valence-electron chi connectivity index (χ2n) is 4.77. The van der Waals surface area contributed by atoms with E-state index < -0.39 is 0 Å². The van der Waals surface area contributed by atoms with Gasteiger partial charge in [0.15, 0.2) is 16.7 Å². The molecule has 2 rings (SSSR count). The van der Waals surface area contributed by atoms with Gasteiger partial charge in [-0.15, -0.1) is 10.2 Å². The highest BCUT2D eigenvalue weighted by atomic mass is 32.2. The lowest BCUT2D eigenvalue weighted by Gasteiger charge is -2.12. The van der Waals surface area contributed by atoms with Crippen molar-refractivity contribution >= 4 is 18.0 Å². The second-order valence-corrected chi connectivity index (χ2v) is 5.83. The first kappa shape index (κ1) is 17.3. The maximum Gasteiger partial charge on any atom is 0.191 e. The Kier molecular flexibility index (Phi) is 6.46. The average Bonchev–Trinajstić information content (AvgIpc) is 2.93. The van der Waals surface area contributed by atoms with E-state index in [-0.39, 0.29) is 0 Å². The molecule has 7 heteroatoms. The molecule has 1 aromatic carbocycles. The Morgan fingerprint density at radius 1 is 1.22 bits per heavy atom. The molecule has 0 radical (unpaired) electrons. The normalized spacial score (nSPS) is 10.6. The summed E-state index contributed by atoms with van der Waals surface area (Å²) in [6.07, 6.45) is 1.66. The maximum atomic E-state index is 10.8. The predicted octanol–water partition coefficient (Wildman–Crippen LogP) is 2.76. The van der Waals surface area contributed by atoms with Crippen molar-refractivity contribution in [1.82, 2.24) is 14.8 Å². The molecule has 0 aliphatic carbocycles. The van der Waals surface area contributed by atoms with Crippen LogP contribution in [0.3, 0.4) is 0 Å². The molecule has 0 aliphatic heterocycles. The van der Waals surface area contributed by atoms with Crippen molar-refractivity contribution in [3.8, 4) is 11.5 Å². The molecule has 0 bridgehead atoms. The molecule has 0 unspecified atom stereocenters. The third kappa shape index (κ3) is 4.48. The number of thioether (sulfide) groups is 1. The third-order valence-corrected chi connectivity index (χ3v) is 4.20. The highest BCUT2D eigenvalue weighted by Gasteiger charge is 2.09. The number of benzene rings is 1. The summed E-state index contributed by atoms with van der Waals surface area (Å²) in [5, 5.41) is 9.17. The lowest BCUT2D eigenvalue weighted by Crippen LogP contribution is -2.04. The van der Waals surface area contributed by atoms with Gasteiger partial charge in [0.2, 0.25) is 0 Å². The Hall–Kier alpha value is -2.02. The van der Waals surface area contributed by atoms with Crippen molar-refractivity contribution in [1.29, 1.82) is 0 Å². The van der Waals surface area contributed by atoms with Crippen LogP contribution < -0.4 is 9.47 Å². The molecule has 0 atom stereocenters. The van der Waals surface area contributed by atoms with Crippen LogP contribution in [0.15, 0.2) is 23.4 Å². The van der Waals surface area contributed by atoms with Crippen molar-refractivity contribution in [3.63, 3.8) is 0 Å². The van der Waals surface area contributed by atoms with Gasteiger partial charge in [0, 0.05) is 24.8 Å². The van der Waals surface area contributed by atoms with E-state index in [1.807, 2.05) is 18.5 Å². The average molecular weight is 335 g/mol. The molecule has 124 valence electrons. The molecule has 1 heterocycles. The van der Waals surface area contributed by atoms with Crippen LogP contribution in [0.25, 0.3) is 0 Å². The molecule has 6 nitrogen and oxygen atoms in total. The number of ether oxygens (including phenoxy) is 2. The molecule has 1 aromatic heterocycles. The van der Waals surface area contributed by atoms with Crippen LogP contribution in [-0.2, 0) is 13.5 Å². The highest BCUT2D eigenvalue weighted by molar-refractivity contribution is 7.99. The predicted molar refractivity (Wildman–Crippen MR) is 89.6 cm³/mol. The fourth-order valence-electron chi connectivity index (χ4n) is 2.05. The molecule has 0 saturated heterocycles. The topological polar surface area (TPSA) is 66.2 Å². The molecule has 2 aromatic rings. The molecule has 0 N–H and O–H groups in total. The highest BCUT2D eigenvalue weighted by Crippen LogP contribution is 2.28. The first-order valence-electron chi connectivity index (χ1n) is 7.55. The Morgan fingerprint density at radius 3 is 2.70 bits per heavy atom. The minimum Gasteiger partial charge on any atom is -0.490 e. The molecular formula is C16H21N3O3S. The molecule has 0 saturated carbocycles. The monoisotopic (exact) mass is 335 g/mol. The summed E-state index contributed by atoms with van der Waals surface area (Å²) in [6, 6.07) is 5.17. The van der Waals surface area contributed by atoms with Gasteiger partial charge in [-0.3, -0.25) is 4.79 Å². The van der Waals surface area contributed by atoms with E-state index in [0.29, 0.717) is 30.3 Å². The van der Waals surface area contributed by atoms with Gasteiger partial charge < -0.3 is 14.0 Å². The summed E-state index contributed by atoms with van der Waals surface area (Å²) in [5.74, 6) is 2.95. The minimum atomic E-state index is 0.513. The van der Waals surface area contributed by atoms with Crippen LogP contribution in [0.4, 0.5) is 0 Å². The van der Waals surface area contributed by atoms with Crippen molar-refractivity contribution < 1.29 is 14.3 Å². The van der Waals surface area contributed by atoms with Crippen molar-refractivity contribution in [2.75, 3.05) is 19.0 Å². The van der Waals surface area contributed by atoms with E-state index in [1.165, 1.54) is 0 Å². The first-order chi connectivity index (χ1) is 11.2. The van der Waals surface area contributed by atoms with Gasteiger partial charge >= 0.3 is 0 Å². The second kappa shape index (κ2) is 8.57. The number of rotatable bonds is 9. The third-order valence-electron chi connectivity index (χ3n) is 3.22. The minimum absolute atomic E-state index is 0.513. The zero-order valence-electron chi connectivity index (χ0n) is 13.6. The molecular weight excluding hydrogens is 314 g/mol. The van der Waals surface area contributed by atoms with Gasteiger partial charge in [0.05, 0.1) is 13.2 Å². The molecule has 23 heavy (non-hydrogen) atoms. The van der Waals surface area contributed by atoms with Gasteiger partial charge in [0.25, 0.3) is 0 Å². The summed E-state index contributed by atoms with van der Waals surface area (Å²) < 4.78 is 13.3. The number of hydrogen-bond acceptors (Lipinski definition) is 6. The van der Waals surface area contributed by atoms with Crippen LogP contribution in [0.1, 0.15) is 30.0 Å². The maximum absolute atomic E-state index is 10.8. The summed E-state index contributed by atoms with van der Waals surface area (Å²) in [4.78, 5) is 10.8. The van der Waals surface area contributed by atoms with Gasteiger partial charge in [0.1, 0.15) is 12.1 Å². The summed E-state index contributed by atoms with van der Waals surface area (Å²) in [6.45, 7) is 4.98. The van der Waals surface area contributed by atoms with Crippen molar-refractivity contribution in [2.45, 2.75) is 25.4 Å². The standard InChI is InChI=1S/C16H21N3O3S/c1-4-15-17-18-16(19(15)3)23-9-8-22-13-7-6-12(11-20)10-14(13)21-5-2/h6-7,10-11H,4-5,8-9H2,1-3H3. The number of aldehydes is 1. The number of hydrogen-bond donors (Lipinski definition) is 0. The zero-order chi connectivity index (χ0) is 16.7. The van der Waals surface area contributed by atoms with Gasteiger partial charge in [-0.1, -0.05) is 18.7 Å². The fourth-order valence-corrected chi connectivity index (χ4v) is 2.80. The van der Waals surface area contributed by atoms with Crippen LogP contribution >= 0.6 is 11.8 Å². The van der Waals surface area contributed by atoms with Gasteiger partial charge in [-0.25, -0.2) is 0 Å². The fraction of sp³-hybridized carbons (Fsp3) is 0.438. The number of carbonyl (C=O) groups excluding carboxylic acids is 1. The van der Waals surface area contributed by atoms with Crippen LogP contribution in [-0.4, -0.2) is 40.0 Å². The van der Waals surface area contributed by atoms with Gasteiger partial charge in [-0.05, 0) is 25.1 Å². The zero-order valence-corrected chi connectivity index (χ0v) is 14.4. The van der Waals surface area contributed by atoms with E-state index >= 15 is 0 Å². The molecule has 0 amide bonds. The Bertz CT molecular complexity index is 658. The van der Waals surface area contributed by atoms with E-state index in [4.69, 9.17) is 9.47 Å². The SMILES string of the molecule is CCOc1cc(C=O)ccc1OCCSc1nnc(CC)n1C. The van der Waals surface area contributed by atoms with E-state index in [2.05, 4.69) is 17.1 Å². The van der Waals surface area contributed by atoms with Crippen molar-refractivity contribution in [2.24, 2.45) is 7.05 Å². The Balaban J connectivity index is 1.90. The van der Waals surface area contributed by atoms with Crippen LogP contribution in [0, 0.1) is 0 Å². The molecule has 0 spiro atoms. The number of nitrogens with zero attached hydrogens (tertiary/aromatic N) is 3. The quantitative estimate of drug-likeness (QED) is 0.399. The number of aryl methyl sites for hydroxylation is 1. The molecule has 0 aliphatic rings. The Morgan fingerprint density at radius 2 is 2.04 bits per heavy atom. The van der Waals surface area contributed by atoms with E-state index in [9.17, 15) is 4.79 Å². The van der Waals surface area contributed by atoms with Crippen LogP contribution in [0.2, 0.25) is 0 Å². The largest absolute Gasteiger partial charge is 0.490 e. The summed E-state index contributed by atoms with van der Waals surface area (Å²) >= 11 is 1.60.